The summed E-state index contributed by atoms with van der Waals surface area (Å²) in [6.07, 6.45) is 3.72. The Balaban J connectivity index is 3.44. The summed E-state index contributed by atoms with van der Waals surface area (Å²) in [4.78, 5) is 0. The van der Waals surface area contributed by atoms with Crippen molar-refractivity contribution in [1.29, 1.82) is 0 Å². The van der Waals surface area contributed by atoms with Crippen LogP contribution >= 0.6 is 0 Å². The van der Waals surface area contributed by atoms with Crippen molar-refractivity contribution in [1.82, 2.24) is 5.32 Å². The van der Waals surface area contributed by atoms with Gasteiger partial charge < -0.3 is 5.32 Å². The summed E-state index contributed by atoms with van der Waals surface area (Å²) in [5.41, 5.74) is 1.17. The normalized spacial score (nSPS) is 11.0. The third-order valence-corrected chi connectivity index (χ3v) is 0.823. The number of hydrogen-bond donors (Lipinski definition) is 1. The maximum atomic E-state index is 3.57. The fourth-order valence-corrected chi connectivity index (χ4v) is 0.515. The van der Waals surface area contributed by atoms with Crippen molar-refractivity contribution in [3.05, 3.63) is 24.4 Å². The maximum Gasteiger partial charge on any atom is 0.0115 e. The molecule has 0 aliphatic rings. The Morgan fingerprint density at radius 3 is 2.75 bits per heavy atom. The van der Waals surface area contributed by atoms with Crippen LogP contribution in [0.15, 0.2) is 24.4 Å². The van der Waals surface area contributed by atoms with E-state index in [2.05, 4.69) is 18.8 Å². The Hall–Kier alpha value is -0.720. The van der Waals surface area contributed by atoms with E-state index in [1.165, 1.54) is 5.70 Å². The van der Waals surface area contributed by atoms with Crippen LogP contribution in [0.4, 0.5) is 0 Å². The van der Waals surface area contributed by atoms with Crippen LogP contribution in [0.1, 0.15) is 13.8 Å². The molecule has 46 valence electrons. The van der Waals surface area contributed by atoms with Crippen molar-refractivity contribution in [2.24, 2.45) is 0 Å². The highest BCUT2D eigenvalue weighted by Crippen LogP contribution is 1.83. The van der Waals surface area contributed by atoms with E-state index >= 15 is 0 Å². The lowest BCUT2D eigenvalue weighted by Crippen LogP contribution is -2.08. The molecule has 0 rings (SSSR count). The van der Waals surface area contributed by atoms with Crippen LogP contribution < -0.4 is 5.32 Å². The summed E-state index contributed by atoms with van der Waals surface area (Å²) in [6, 6.07) is 0. The van der Waals surface area contributed by atoms with Gasteiger partial charge in [0.2, 0.25) is 0 Å². The Kier molecular flexibility index (Phi) is 4.04. The lowest BCUT2D eigenvalue weighted by molar-refractivity contribution is 0.855. The SMILES string of the molecule is C=C/C=C(\C)NCC. The van der Waals surface area contributed by atoms with Crippen molar-refractivity contribution in [3.8, 4) is 0 Å². The van der Waals surface area contributed by atoms with E-state index < -0.39 is 0 Å². The summed E-state index contributed by atoms with van der Waals surface area (Å²) in [7, 11) is 0. The predicted octanol–water partition coefficient (Wildman–Crippen LogP) is 1.69. The van der Waals surface area contributed by atoms with Gasteiger partial charge in [-0.25, -0.2) is 0 Å². The first-order valence-electron chi connectivity index (χ1n) is 2.84. The van der Waals surface area contributed by atoms with Crippen LogP contribution in [0.2, 0.25) is 0 Å². The van der Waals surface area contributed by atoms with E-state index in [4.69, 9.17) is 0 Å². The lowest BCUT2D eigenvalue weighted by atomic mass is 10.4. The third-order valence-electron chi connectivity index (χ3n) is 0.823. The van der Waals surface area contributed by atoms with Crippen LogP contribution in [0.3, 0.4) is 0 Å². The smallest absolute Gasteiger partial charge is 0.0115 e. The number of rotatable bonds is 3. The molecule has 0 saturated carbocycles. The minimum absolute atomic E-state index is 0.982. The van der Waals surface area contributed by atoms with Crippen molar-refractivity contribution >= 4 is 0 Å². The Morgan fingerprint density at radius 1 is 1.75 bits per heavy atom. The fraction of sp³-hybridized carbons (Fsp3) is 0.429. The van der Waals surface area contributed by atoms with Crippen molar-refractivity contribution in [2.45, 2.75) is 13.8 Å². The summed E-state index contributed by atoms with van der Waals surface area (Å²) in [6.45, 7) is 8.64. The Labute approximate surface area is 51.1 Å². The van der Waals surface area contributed by atoms with Gasteiger partial charge in [0.05, 0.1) is 0 Å². The number of allylic oxidation sites excluding steroid dienone is 3. The van der Waals surface area contributed by atoms with Gasteiger partial charge in [-0.2, -0.15) is 0 Å². The molecule has 1 nitrogen and oxygen atoms in total. The summed E-state index contributed by atoms with van der Waals surface area (Å²) < 4.78 is 0. The first-order valence-corrected chi connectivity index (χ1v) is 2.84. The first-order chi connectivity index (χ1) is 3.81. The molecule has 0 aromatic carbocycles. The van der Waals surface area contributed by atoms with Gasteiger partial charge in [0.1, 0.15) is 0 Å². The molecule has 0 aliphatic heterocycles. The molecule has 0 bridgehead atoms. The minimum atomic E-state index is 0.982. The number of hydrogen-bond acceptors (Lipinski definition) is 1. The van der Waals surface area contributed by atoms with E-state index in [-0.39, 0.29) is 0 Å². The molecule has 0 aliphatic carbocycles. The van der Waals surface area contributed by atoms with E-state index in [1.807, 2.05) is 13.0 Å². The second-order valence-corrected chi connectivity index (χ2v) is 1.62. The zero-order chi connectivity index (χ0) is 6.41. The topological polar surface area (TPSA) is 12.0 Å². The summed E-state index contributed by atoms with van der Waals surface area (Å²) >= 11 is 0. The predicted molar refractivity (Wildman–Crippen MR) is 37.6 cm³/mol. The van der Waals surface area contributed by atoms with E-state index in [0.717, 1.165) is 6.54 Å². The molecular weight excluding hydrogens is 98.1 g/mol. The second kappa shape index (κ2) is 4.44. The molecule has 1 N–H and O–H groups in total. The Morgan fingerprint density at radius 2 is 2.38 bits per heavy atom. The molecule has 0 unspecified atom stereocenters. The molecular formula is C7H13N. The minimum Gasteiger partial charge on any atom is -0.389 e. The number of nitrogens with one attached hydrogen (secondary N) is 1. The van der Waals surface area contributed by atoms with Gasteiger partial charge in [-0.15, -0.1) is 0 Å². The highest BCUT2D eigenvalue weighted by atomic mass is 14.8. The zero-order valence-electron chi connectivity index (χ0n) is 5.57. The van der Waals surface area contributed by atoms with Crippen molar-refractivity contribution in [3.63, 3.8) is 0 Å². The lowest BCUT2D eigenvalue weighted by Gasteiger charge is -1.98. The molecule has 8 heavy (non-hydrogen) atoms. The average Bonchev–Trinajstić information content (AvgIpc) is 1.68. The van der Waals surface area contributed by atoms with Gasteiger partial charge in [-0.1, -0.05) is 12.7 Å². The van der Waals surface area contributed by atoms with E-state index in [1.54, 1.807) is 6.08 Å². The highest BCUT2D eigenvalue weighted by Gasteiger charge is 1.76. The molecule has 0 amide bonds. The van der Waals surface area contributed by atoms with E-state index in [9.17, 15) is 0 Å². The molecule has 0 spiro atoms. The molecule has 1 heteroatoms. The summed E-state index contributed by atoms with van der Waals surface area (Å²) in [5, 5.41) is 3.14. The van der Waals surface area contributed by atoms with Crippen LogP contribution in [0, 0.1) is 0 Å². The van der Waals surface area contributed by atoms with E-state index in [0.29, 0.717) is 0 Å². The highest BCUT2D eigenvalue weighted by molar-refractivity contribution is 5.05. The second-order valence-electron chi connectivity index (χ2n) is 1.62. The molecule has 0 aromatic heterocycles. The van der Waals surface area contributed by atoms with Crippen molar-refractivity contribution < 1.29 is 0 Å². The van der Waals surface area contributed by atoms with Gasteiger partial charge in [0.25, 0.3) is 0 Å². The third kappa shape index (κ3) is 3.47. The molecule has 0 aromatic rings. The van der Waals surface area contributed by atoms with Gasteiger partial charge in [-0.3, -0.25) is 0 Å². The molecule has 0 radical (unpaired) electrons. The van der Waals surface area contributed by atoms with Crippen molar-refractivity contribution in [2.75, 3.05) is 6.54 Å². The first kappa shape index (κ1) is 7.28. The van der Waals surface area contributed by atoms with Crippen LogP contribution in [0.5, 0.6) is 0 Å². The van der Waals surface area contributed by atoms with Gasteiger partial charge in [-0.05, 0) is 19.9 Å². The fourth-order valence-electron chi connectivity index (χ4n) is 0.515. The standard InChI is InChI=1S/C7H13N/c1-4-6-7(3)8-5-2/h4,6,8H,1,5H2,2-3H3/b7-6+. The zero-order valence-corrected chi connectivity index (χ0v) is 5.57. The largest absolute Gasteiger partial charge is 0.389 e. The molecule has 0 atom stereocenters. The Bertz CT molecular complexity index is 92.6. The monoisotopic (exact) mass is 111 g/mol. The average molecular weight is 111 g/mol. The van der Waals surface area contributed by atoms with Gasteiger partial charge in [0.15, 0.2) is 0 Å². The molecule has 0 fully saturated rings. The van der Waals surface area contributed by atoms with Crippen LogP contribution in [-0.4, -0.2) is 6.54 Å². The van der Waals surface area contributed by atoms with Gasteiger partial charge >= 0.3 is 0 Å². The van der Waals surface area contributed by atoms with Crippen LogP contribution in [-0.2, 0) is 0 Å². The summed E-state index contributed by atoms with van der Waals surface area (Å²) in [5.74, 6) is 0. The van der Waals surface area contributed by atoms with Crippen LogP contribution in [0.25, 0.3) is 0 Å². The molecule has 0 saturated heterocycles. The van der Waals surface area contributed by atoms with Gasteiger partial charge in [0, 0.05) is 12.2 Å². The maximum absolute atomic E-state index is 3.57. The quantitative estimate of drug-likeness (QED) is 0.546. The molecule has 0 heterocycles.